The largest absolute Gasteiger partial charge is 0.454 e. The Bertz CT molecular complexity index is 880. The van der Waals surface area contributed by atoms with Gasteiger partial charge in [-0.25, -0.2) is 0 Å². The van der Waals surface area contributed by atoms with Crippen LogP contribution in [-0.4, -0.2) is 36.1 Å². The zero-order valence-corrected chi connectivity index (χ0v) is 17.0. The molecule has 1 fully saturated rings. The summed E-state index contributed by atoms with van der Waals surface area (Å²) in [5, 5.41) is 4.39. The van der Waals surface area contributed by atoms with Crippen LogP contribution in [0.4, 0.5) is 11.4 Å². The molecule has 0 unspecified atom stereocenters. The van der Waals surface area contributed by atoms with Crippen LogP contribution in [0.2, 0.25) is 0 Å². The molecular formula is C20H25N3O4S. The Morgan fingerprint density at radius 2 is 1.89 bits per heavy atom. The van der Waals surface area contributed by atoms with Crippen molar-refractivity contribution in [3.05, 3.63) is 45.0 Å². The highest BCUT2D eigenvalue weighted by Crippen LogP contribution is 2.24. The molecular weight excluding hydrogens is 378 g/mol. The lowest BCUT2D eigenvalue weighted by Gasteiger charge is -2.32. The van der Waals surface area contributed by atoms with Gasteiger partial charge >= 0.3 is 10.8 Å². The highest BCUT2D eigenvalue weighted by atomic mass is 32.1. The molecule has 7 nitrogen and oxygen atoms in total. The summed E-state index contributed by atoms with van der Waals surface area (Å²) in [5.74, 6) is -0.254. The molecule has 1 saturated heterocycles. The number of ether oxygens (including phenoxy) is 1. The van der Waals surface area contributed by atoms with Gasteiger partial charge in [0.25, 0.3) is 5.91 Å². The van der Waals surface area contributed by atoms with Gasteiger partial charge in [-0.1, -0.05) is 18.3 Å². The van der Waals surface area contributed by atoms with Crippen LogP contribution in [-0.2, 0) is 20.9 Å². The van der Waals surface area contributed by atoms with Crippen LogP contribution in [0.25, 0.3) is 0 Å². The molecule has 0 atom stereocenters. The van der Waals surface area contributed by atoms with Gasteiger partial charge in [0, 0.05) is 35.5 Å². The molecule has 1 amide bonds. The maximum Gasteiger partial charge on any atom is 0.326 e. The van der Waals surface area contributed by atoms with Crippen LogP contribution in [0.1, 0.15) is 25.5 Å². The number of carbonyl (C=O) groups is 2. The van der Waals surface area contributed by atoms with E-state index >= 15 is 0 Å². The van der Waals surface area contributed by atoms with Gasteiger partial charge in [0.05, 0.1) is 0 Å². The molecule has 2 aromatic rings. The number of anilines is 2. The van der Waals surface area contributed by atoms with Crippen molar-refractivity contribution >= 4 is 34.6 Å². The second-order valence-electron chi connectivity index (χ2n) is 7.15. The Labute approximate surface area is 167 Å². The molecule has 150 valence electrons. The van der Waals surface area contributed by atoms with E-state index in [0.29, 0.717) is 11.4 Å². The summed E-state index contributed by atoms with van der Waals surface area (Å²) < 4.78 is 6.30. The molecule has 1 N–H and O–H groups in total. The monoisotopic (exact) mass is 403 g/mol. The quantitative estimate of drug-likeness (QED) is 0.750. The summed E-state index contributed by atoms with van der Waals surface area (Å²) in [7, 11) is 0. The highest BCUT2D eigenvalue weighted by Gasteiger charge is 2.16. The Morgan fingerprint density at radius 1 is 1.21 bits per heavy atom. The first-order valence-electron chi connectivity index (χ1n) is 9.38. The second-order valence-corrected chi connectivity index (χ2v) is 7.98. The lowest BCUT2D eigenvalue weighted by Crippen LogP contribution is -2.32. The number of aryl methyl sites for hydroxylation is 1. The first-order valence-corrected chi connectivity index (χ1v) is 10.3. The maximum absolute atomic E-state index is 12.0. The third-order valence-electron chi connectivity index (χ3n) is 4.93. The average molecular weight is 404 g/mol. The number of carbonyl (C=O) groups excluding carboxylic acids is 2. The summed E-state index contributed by atoms with van der Waals surface area (Å²) in [6.07, 6.45) is 2.39. The summed E-state index contributed by atoms with van der Waals surface area (Å²) in [6.45, 7) is 5.55. The first-order chi connectivity index (χ1) is 13.4. The molecule has 3 rings (SSSR count). The van der Waals surface area contributed by atoms with Crippen molar-refractivity contribution in [2.75, 3.05) is 29.9 Å². The van der Waals surface area contributed by atoms with Crippen LogP contribution in [0.3, 0.4) is 0 Å². The van der Waals surface area contributed by atoms with Crippen molar-refractivity contribution in [2.24, 2.45) is 5.92 Å². The molecule has 1 aromatic carbocycles. The van der Waals surface area contributed by atoms with Crippen LogP contribution in [0, 0.1) is 12.8 Å². The van der Waals surface area contributed by atoms with Crippen LogP contribution in [0.15, 0.2) is 34.4 Å². The summed E-state index contributed by atoms with van der Waals surface area (Å²) in [4.78, 5) is 37.6. The van der Waals surface area contributed by atoms with Gasteiger partial charge < -0.3 is 15.0 Å². The van der Waals surface area contributed by atoms with E-state index in [1.807, 2.05) is 24.3 Å². The number of benzene rings is 1. The van der Waals surface area contributed by atoms with Gasteiger partial charge in [0.15, 0.2) is 6.61 Å². The molecule has 0 spiro atoms. The number of hydrogen-bond donors (Lipinski definition) is 1. The van der Waals surface area contributed by atoms with Crippen molar-refractivity contribution in [1.29, 1.82) is 0 Å². The summed E-state index contributed by atoms with van der Waals surface area (Å²) in [5.41, 5.74) is 2.49. The fraction of sp³-hybridized carbons (Fsp3) is 0.450. The molecule has 1 aromatic heterocycles. The molecule has 0 aliphatic carbocycles. The van der Waals surface area contributed by atoms with Gasteiger partial charge in [-0.15, -0.1) is 0 Å². The maximum atomic E-state index is 12.0. The predicted molar refractivity (Wildman–Crippen MR) is 110 cm³/mol. The lowest BCUT2D eigenvalue weighted by molar-refractivity contribution is -0.147. The number of aromatic nitrogens is 1. The van der Waals surface area contributed by atoms with E-state index in [-0.39, 0.29) is 18.0 Å². The van der Waals surface area contributed by atoms with Crippen LogP contribution < -0.4 is 15.1 Å². The van der Waals surface area contributed by atoms with E-state index in [4.69, 9.17) is 4.74 Å². The summed E-state index contributed by atoms with van der Waals surface area (Å²) in [6, 6.07) is 7.68. The fourth-order valence-corrected chi connectivity index (χ4v) is 3.87. The smallest absolute Gasteiger partial charge is 0.326 e. The molecule has 1 aliphatic rings. The first kappa shape index (κ1) is 20.1. The number of nitrogens with zero attached hydrogens (tertiary/aromatic N) is 2. The van der Waals surface area contributed by atoms with Crippen LogP contribution >= 0.6 is 11.3 Å². The third-order valence-corrected chi connectivity index (χ3v) is 5.81. The topological polar surface area (TPSA) is 80.6 Å². The molecule has 2 heterocycles. The number of rotatable bonds is 6. The van der Waals surface area contributed by atoms with Gasteiger partial charge in [-0.3, -0.25) is 19.0 Å². The number of esters is 1. The minimum atomic E-state index is -0.617. The van der Waals surface area contributed by atoms with Crippen LogP contribution in [0.5, 0.6) is 0 Å². The molecule has 8 heteroatoms. The SMILES string of the molecule is Cc1csc(=O)n1CC(=O)OCC(=O)Nc1ccc(N2CCC(C)CC2)cc1. The van der Waals surface area contributed by atoms with E-state index in [2.05, 4.69) is 17.1 Å². The molecule has 0 bridgehead atoms. The third kappa shape index (κ3) is 5.22. The Balaban J connectivity index is 1.45. The van der Waals surface area contributed by atoms with Crippen molar-refractivity contribution in [2.45, 2.75) is 33.2 Å². The zero-order chi connectivity index (χ0) is 20.1. The van der Waals surface area contributed by atoms with Crippen molar-refractivity contribution in [3.8, 4) is 0 Å². The Hall–Kier alpha value is -2.61. The van der Waals surface area contributed by atoms with Gasteiger partial charge in [-0.05, 0) is 49.9 Å². The lowest BCUT2D eigenvalue weighted by atomic mass is 9.99. The van der Waals surface area contributed by atoms with Gasteiger partial charge in [0.1, 0.15) is 6.54 Å². The van der Waals surface area contributed by atoms with E-state index in [9.17, 15) is 14.4 Å². The number of nitrogens with one attached hydrogen (secondary N) is 1. The minimum absolute atomic E-state index is 0.190. The molecule has 1 aliphatic heterocycles. The van der Waals surface area contributed by atoms with E-state index in [0.717, 1.165) is 36.0 Å². The Kier molecular flexibility index (Phi) is 6.51. The fourth-order valence-electron chi connectivity index (χ4n) is 3.14. The Morgan fingerprint density at radius 3 is 2.50 bits per heavy atom. The second kappa shape index (κ2) is 9.05. The number of hydrogen-bond acceptors (Lipinski definition) is 6. The predicted octanol–water partition coefficient (Wildman–Crippen LogP) is 2.64. The van der Waals surface area contributed by atoms with E-state index < -0.39 is 11.9 Å². The number of amides is 1. The van der Waals surface area contributed by atoms with Gasteiger partial charge in [-0.2, -0.15) is 0 Å². The normalized spacial score (nSPS) is 14.7. The molecule has 0 saturated carbocycles. The number of piperidine rings is 1. The van der Waals surface area contributed by atoms with Gasteiger partial charge in [0.2, 0.25) is 0 Å². The van der Waals surface area contributed by atoms with E-state index in [1.165, 1.54) is 17.4 Å². The minimum Gasteiger partial charge on any atom is -0.454 e. The highest BCUT2D eigenvalue weighted by molar-refractivity contribution is 7.07. The number of thiazole rings is 1. The summed E-state index contributed by atoms with van der Waals surface area (Å²) >= 11 is 1.03. The molecule has 28 heavy (non-hydrogen) atoms. The standard InChI is InChI=1S/C20H25N3O4S/c1-14-7-9-22(10-8-14)17-5-3-16(4-6-17)21-18(24)12-27-19(25)11-23-15(2)13-28-20(23)26/h3-6,13-14H,7-12H2,1-2H3,(H,21,24). The van der Waals surface area contributed by atoms with Crippen molar-refractivity contribution < 1.29 is 14.3 Å². The van der Waals surface area contributed by atoms with Crippen molar-refractivity contribution in [3.63, 3.8) is 0 Å². The average Bonchev–Trinajstić information content (AvgIpc) is 3.00. The van der Waals surface area contributed by atoms with Crippen molar-refractivity contribution in [1.82, 2.24) is 4.57 Å². The van der Waals surface area contributed by atoms with E-state index in [1.54, 1.807) is 12.3 Å². The molecule has 0 radical (unpaired) electrons. The zero-order valence-electron chi connectivity index (χ0n) is 16.1.